The monoisotopic (exact) mass is 293 g/mol. The summed E-state index contributed by atoms with van der Waals surface area (Å²) in [7, 11) is 0. The van der Waals surface area contributed by atoms with E-state index >= 15 is 0 Å². The SMILES string of the molecule is c1ccc2c(c1)CCCN2CCNc1nc2ccccc2o1. The third-order valence-electron chi connectivity index (χ3n) is 4.16. The molecule has 0 unspecified atom stereocenters. The van der Waals surface area contributed by atoms with E-state index in [1.807, 2.05) is 24.3 Å². The molecule has 1 aliphatic rings. The molecule has 2 heterocycles. The fourth-order valence-electron chi connectivity index (χ4n) is 3.09. The second-order valence-corrected chi connectivity index (χ2v) is 5.63. The van der Waals surface area contributed by atoms with Crippen LogP contribution in [0.5, 0.6) is 0 Å². The van der Waals surface area contributed by atoms with Gasteiger partial charge in [-0.3, -0.25) is 0 Å². The molecular weight excluding hydrogens is 274 g/mol. The number of aryl methyl sites for hydroxylation is 1. The Balaban J connectivity index is 1.41. The van der Waals surface area contributed by atoms with Crippen LogP contribution < -0.4 is 10.2 Å². The van der Waals surface area contributed by atoms with Crippen molar-refractivity contribution in [1.82, 2.24) is 4.98 Å². The number of anilines is 2. The van der Waals surface area contributed by atoms with Gasteiger partial charge in [-0.1, -0.05) is 30.3 Å². The molecule has 0 saturated heterocycles. The number of nitrogens with zero attached hydrogens (tertiary/aromatic N) is 2. The Morgan fingerprint density at radius 2 is 1.95 bits per heavy atom. The standard InChI is InChI=1S/C18H19N3O/c1-3-9-16-14(6-1)7-5-12-21(16)13-11-19-18-20-15-8-2-4-10-17(15)22-18/h1-4,6,8-10H,5,7,11-13H2,(H,19,20). The van der Waals surface area contributed by atoms with Crippen molar-refractivity contribution in [3.8, 4) is 0 Å². The molecule has 0 saturated carbocycles. The first kappa shape index (κ1) is 13.2. The fourth-order valence-corrected chi connectivity index (χ4v) is 3.09. The minimum absolute atomic E-state index is 0.603. The first-order valence-corrected chi connectivity index (χ1v) is 7.82. The molecule has 3 aromatic rings. The first-order chi connectivity index (χ1) is 10.9. The van der Waals surface area contributed by atoms with Gasteiger partial charge in [0, 0.05) is 25.3 Å². The van der Waals surface area contributed by atoms with Crippen LogP contribution in [0.4, 0.5) is 11.7 Å². The minimum atomic E-state index is 0.603. The van der Waals surface area contributed by atoms with E-state index in [0.29, 0.717) is 6.01 Å². The molecule has 1 aliphatic heterocycles. The number of hydrogen-bond acceptors (Lipinski definition) is 4. The van der Waals surface area contributed by atoms with Crippen LogP contribution in [0.3, 0.4) is 0 Å². The van der Waals surface area contributed by atoms with Gasteiger partial charge in [0.15, 0.2) is 5.58 Å². The summed E-state index contributed by atoms with van der Waals surface area (Å²) in [4.78, 5) is 6.88. The maximum absolute atomic E-state index is 5.69. The Morgan fingerprint density at radius 3 is 2.91 bits per heavy atom. The Labute approximate surface area is 129 Å². The van der Waals surface area contributed by atoms with Crippen molar-refractivity contribution in [1.29, 1.82) is 0 Å². The Morgan fingerprint density at radius 1 is 1.09 bits per heavy atom. The minimum Gasteiger partial charge on any atom is -0.424 e. The summed E-state index contributed by atoms with van der Waals surface area (Å²) in [6, 6.07) is 17.1. The van der Waals surface area contributed by atoms with Crippen LogP contribution in [0, 0.1) is 0 Å². The number of hydrogen-bond donors (Lipinski definition) is 1. The topological polar surface area (TPSA) is 41.3 Å². The van der Waals surface area contributed by atoms with Gasteiger partial charge in [-0.05, 0) is 36.6 Å². The van der Waals surface area contributed by atoms with Crippen LogP contribution >= 0.6 is 0 Å². The maximum atomic E-state index is 5.69. The molecule has 0 radical (unpaired) electrons. The highest BCUT2D eigenvalue weighted by Crippen LogP contribution is 2.26. The van der Waals surface area contributed by atoms with Gasteiger partial charge >= 0.3 is 0 Å². The molecule has 1 N–H and O–H groups in total. The normalized spacial score (nSPS) is 14.1. The summed E-state index contributed by atoms with van der Waals surface area (Å²) in [5.74, 6) is 0. The van der Waals surface area contributed by atoms with E-state index in [9.17, 15) is 0 Å². The number of benzene rings is 2. The van der Waals surface area contributed by atoms with Crippen molar-refractivity contribution in [2.45, 2.75) is 12.8 Å². The molecule has 0 aliphatic carbocycles. The van der Waals surface area contributed by atoms with Gasteiger partial charge in [0.2, 0.25) is 0 Å². The van der Waals surface area contributed by atoms with Crippen molar-refractivity contribution in [3.63, 3.8) is 0 Å². The molecule has 1 aromatic heterocycles. The van der Waals surface area contributed by atoms with Gasteiger partial charge in [0.25, 0.3) is 6.01 Å². The molecule has 112 valence electrons. The first-order valence-electron chi connectivity index (χ1n) is 7.82. The average Bonchev–Trinajstić information content (AvgIpc) is 2.98. The third-order valence-corrected chi connectivity index (χ3v) is 4.16. The molecule has 4 heteroatoms. The van der Waals surface area contributed by atoms with Gasteiger partial charge in [0.1, 0.15) is 5.52 Å². The lowest BCUT2D eigenvalue weighted by atomic mass is 10.0. The Bertz CT molecular complexity index is 748. The maximum Gasteiger partial charge on any atom is 0.295 e. The molecule has 4 nitrogen and oxygen atoms in total. The van der Waals surface area contributed by atoms with E-state index in [2.05, 4.69) is 39.5 Å². The summed E-state index contributed by atoms with van der Waals surface area (Å²) in [5, 5.41) is 3.29. The number of oxazole rings is 1. The molecule has 22 heavy (non-hydrogen) atoms. The van der Waals surface area contributed by atoms with E-state index in [0.717, 1.165) is 30.7 Å². The molecule has 0 fully saturated rings. The quantitative estimate of drug-likeness (QED) is 0.796. The van der Waals surface area contributed by atoms with Gasteiger partial charge in [-0.15, -0.1) is 0 Å². The highest BCUT2D eigenvalue weighted by molar-refractivity contribution is 5.74. The number of fused-ring (bicyclic) bond motifs is 2. The molecular formula is C18H19N3O. The van der Waals surface area contributed by atoms with Gasteiger partial charge in [0.05, 0.1) is 0 Å². The zero-order chi connectivity index (χ0) is 14.8. The zero-order valence-electron chi connectivity index (χ0n) is 12.5. The third kappa shape index (κ3) is 2.52. The van der Waals surface area contributed by atoms with Crippen molar-refractivity contribution in [2.75, 3.05) is 29.9 Å². The summed E-state index contributed by atoms with van der Waals surface area (Å²) in [6.07, 6.45) is 2.41. The van der Waals surface area contributed by atoms with E-state index in [1.54, 1.807) is 0 Å². The molecule has 0 atom stereocenters. The van der Waals surface area contributed by atoms with Crippen molar-refractivity contribution in [2.24, 2.45) is 0 Å². The average molecular weight is 293 g/mol. The summed E-state index contributed by atoms with van der Waals surface area (Å²) >= 11 is 0. The van der Waals surface area contributed by atoms with Crippen LogP contribution in [0.15, 0.2) is 52.9 Å². The molecule has 2 aromatic carbocycles. The highest BCUT2D eigenvalue weighted by atomic mass is 16.4. The van der Waals surface area contributed by atoms with Crippen LogP contribution in [-0.2, 0) is 6.42 Å². The van der Waals surface area contributed by atoms with Crippen molar-refractivity contribution < 1.29 is 4.42 Å². The summed E-state index contributed by atoms with van der Waals surface area (Å²) in [5.41, 5.74) is 4.55. The number of aromatic nitrogens is 1. The van der Waals surface area contributed by atoms with Gasteiger partial charge in [-0.2, -0.15) is 4.98 Å². The summed E-state index contributed by atoms with van der Waals surface area (Å²) < 4.78 is 5.69. The Hall–Kier alpha value is -2.49. The van der Waals surface area contributed by atoms with E-state index in [4.69, 9.17) is 4.42 Å². The number of para-hydroxylation sites is 3. The second kappa shape index (κ2) is 5.72. The fraction of sp³-hybridized carbons (Fsp3) is 0.278. The van der Waals surface area contributed by atoms with E-state index < -0.39 is 0 Å². The van der Waals surface area contributed by atoms with Crippen LogP contribution in [0.25, 0.3) is 11.1 Å². The van der Waals surface area contributed by atoms with Crippen LogP contribution in [0.2, 0.25) is 0 Å². The van der Waals surface area contributed by atoms with E-state index in [-0.39, 0.29) is 0 Å². The van der Waals surface area contributed by atoms with Crippen molar-refractivity contribution in [3.05, 3.63) is 54.1 Å². The Kier molecular flexibility index (Phi) is 3.43. The van der Waals surface area contributed by atoms with Crippen LogP contribution in [0.1, 0.15) is 12.0 Å². The number of rotatable bonds is 4. The predicted molar refractivity (Wildman–Crippen MR) is 89.5 cm³/mol. The van der Waals surface area contributed by atoms with Gasteiger partial charge < -0.3 is 14.6 Å². The van der Waals surface area contributed by atoms with Crippen LogP contribution in [-0.4, -0.2) is 24.6 Å². The van der Waals surface area contributed by atoms with Gasteiger partial charge in [-0.25, -0.2) is 0 Å². The lowest BCUT2D eigenvalue weighted by Crippen LogP contribution is -2.33. The second-order valence-electron chi connectivity index (χ2n) is 5.63. The molecule has 0 bridgehead atoms. The number of nitrogens with one attached hydrogen (secondary N) is 1. The lowest BCUT2D eigenvalue weighted by Gasteiger charge is -2.31. The molecule has 0 amide bonds. The smallest absolute Gasteiger partial charge is 0.295 e. The largest absolute Gasteiger partial charge is 0.424 e. The lowest BCUT2D eigenvalue weighted by molar-refractivity contribution is 0.611. The van der Waals surface area contributed by atoms with E-state index in [1.165, 1.54) is 24.1 Å². The zero-order valence-corrected chi connectivity index (χ0v) is 12.5. The summed E-state index contributed by atoms with van der Waals surface area (Å²) in [6.45, 7) is 2.89. The van der Waals surface area contributed by atoms with Crippen molar-refractivity contribution >= 4 is 22.8 Å². The molecule has 4 rings (SSSR count). The molecule has 0 spiro atoms. The highest BCUT2D eigenvalue weighted by Gasteiger charge is 2.15. The predicted octanol–water partition coefficient (Wildman–Crippen LogP) is 3.69.